The van der Waals surface area contributed by atoms with Crippen molar-refractivity contribution in [2.24, 2.45) is 11.7 Å². The maximum absolute atomic E-state index is 11.5. The Bertz CT molecular complexity index is 251. The predicted octanol–water partition coefficient (Wildman–Crippen LogP) is -0.208. The molecule has 0 heterocycles. The molecule has 0 spiro atoms. The van der Waals surface area contributed by atoms with Crippen LogP contribution in [0.4, 0.5) is 0 Å². The predicted molar refractivity (Wildman–Crippen MR) is 54.9 cm³/mol. The van der Waals surface area contributed by atoms with Crippen LogP contribution in [0.1, 0.15) is 26.2 Å². The summed E-state index contributed by atoms with van der Waals surface area (Å²) >= 11 is 0. The highest BCUT2D eigenvalue weighted by Gasteiger charge is 2.38. The van der Waals surface area contributed by atoms with Crippen LogP contribution in [0, 0.1) is 5.92 Å². The second kappa shape index (κ2) is 5.11. The van der Waals surface area contributed by atoms with Gasteiger partial charge in [0.05, 0.1) is 13.2 Å². The van der Waals surface area contributed by atoms with E-state index in [0.29, 0.717) is 6.42 Å². The Hall–Kier alpha value is -1.10. The molecule has 0 aromatic rings. The third-order valence-corrected chi connectivity index (χ3v) is 2.62. The lowest BCUT2D eigenvalue weighted by molar-refractivity contribution is -0.145. The summed E-state index contributed by atoms with van der Waals surface area (Å²) < 4.78 is 4.63. The van der Waals surface area contributed by atoms with Gasteiger partial charge in [-0.25, -0.2) is 4.79 Å². The topological polar surface area (TPSA) is 81.4 Å². The van der Waals surface area contributed by atoms with Gasteiger partial charge in [0.15, 0.2) is 0 Å². The van der Waals surface area contributed by atoms with E-state index in [1.807, 2.05) is 6.92 Å². The molecular weight excluding hydrogens is 196 g/mol. The van der Waals surface area contributed by atoms with Crippen molar-refractivity contribution in [2.75, 3.05) is 7.11 Å². The zero-order valence-corrected chi connectivity index (χ0v) is 9.16. The number of methoxy groups -OCH3 is 1. The molecule has 1 aliphatic carbocycles. The lowest BCUT2D eigenvalue weighted by Crippen LogP contribution is -2.49. The van der Waals surface area contributed by atoms with E-state index in [1.165, 1.54) is 7.11 Å². The molecule has 0 bridgehead atoms. The number of rotatable bonds is 5. The number of hydrogen-bond acceptors (Lipinski definition) is 4. The van der Waals surface area contributed by atoms with E-state index < -0.39 is 12.1 Å². The quantitative estimate of drug-likeness (QED) is 0.620. The monoisotopic (exact) mass is 214 g/mol. The molecule has 1 rings (SSSR count). The summed E-state index contributed by atoms with van der Waals surface area (Å²) in [5.41, 5.74) is 5.56. The summed E-state index contributed by atoms with van der Waals surface area (Å²) in [5.74, 6) is -0.431. The van der Waals surface area contributed by atoms with Crippen molar-refractivity contribution >= 4 is 11.9 Å². The fraction of sp³-hybridized carbons (Fsp3) is 0.800. The Balaban J connectivity index is 2.51. The molecule has 3 N–H and O–H groups in total. The van der Waals surface area contributed by atoms with Gasteiger partial charge in [0.25, 0.3) is 0 Å². The van der Waals surface area contributed by atoms with Crippen LogP contribution in [0.3, 0.4) is 0 Å². The Labute approximate surface area is 89.3 Å². The van der Waals surface area contributed by atoms with Crippen molar-refractivity contribution in [3.63, 3.8) is 0 Å². The van der Waals surface area contributed by atoms with Crippen molar-refractivity contribution in [3.8, 4) is 0 Å². The first-order valence-electron chi connectivity index (χ1n) is 5.24. The van der Waals surface area contributed by atoms with E-state index >= 15 is 0 Å². The molecule has 0 saturated heterocycles. The largest absolute Gasteiger partial charge is 0.467 e. The molecule has 1 aliphatic rings. The molecule has 1 fully saturated rings. The van der Waals surface area contributed by atoms with Gasteiger partial charge in [0, 0.05) is 0 Å². The van der Waals surface area contributed by atoms with Gasteiger partial charge in [-0.05, 0) is 25.2 Å². The molecule has 5 nitrogen and oxygen atoms in total. The molecule has 0 aliphatic heterocycles. The molecule has 1 amide bonds. The number of esters is 1. The Morgan fingerprint density at radius 1 is 1.53 bits per heavy atom. The van der Waals surface area contributed by atoms with Crippen LogP contribution in [0.5, 0.6) is 0 Å². The lowest BCUT2D eigenvalue weighted by Gasteiger charge is -2.17. The zero-order valence-electron chi connectivity index (χ0n) is 9.16. The molecule has 0 aromatic carbocycles. The Morgan fingerprint density at radius 2 is 2.13 bits per heavy atom. The number of hydrogen-bond donors (Lipinski definition) is 2. The van der Waals surface area contributed by atoms with Crippen molar-refractivity contribution in [1.29, 1.82) is 0 Å². The zero-order chi connectivity index (χ0) is 11.4. The number of nitrogens with two attached hydrogens (primary N) is 1. The minimum Gasteiger partial charge on any atom is -0.467 e. The summed E-state index contributed by atoms with van der Waals surface area (Å²) in [6.07, 6.45) is 2.48. The summed E-state index contributed by atoms with van der Waals surface area (Å²) in [4.78, 5) is 22.9. The van der Waals surface area contributed by atoms with Crippen LogP contribution in [0.15, 0.2) is 0 Å². The average Bonchev–Trinajstić information content (AvgIpc) is 3.07. The molecule has 1 unspecified atom stereocenters. The summed E-state index contributed by atoms with van der Waals surface area (Å²) in [7, 11) is 1.32. The van der Waals surface area contributed by atoms with Crippen molar-refractivity contribution in [3.05, 3.63) is 0 Å². The van der Waals surface area contributed by atoms with Crippen molar-refractivity contribution in [1.82, 2.24) is 5.32 Å². The summed E-state index contributed by atoms with van der Waals surface area (Å²) in [5, 5.41) is 2.64. The van der Waals surface area contributed by atoms with E-state index in [1.54, 1.807) is 0 Å². The minimum atomic E-state index is -0.545. The van der Waals surface area contributed by atoms with Crippen LogP contribution in [-0.2, 0) is 14.3 Å². The highest BCUT2D eigenvalue weighted by molar-refractivity contribution is 5.87. The summed E-state index contributed by atoms with van der Waals surface area (Å²) in [6.45, 7) is 1.83. The van der Waals surface area contributed by atoms with E-state index in [2.05, 4.69) is 10.1 Å². The second-order valence-electron chi connectivity index (χ2n) is 3.86. The first-order chi connectivity index (χ1) is 7.10. The van der Waals surface area contributed by atoms with Gasteiger partial charge in [-0.2, -0.15) is 0 Å². The SMILES string of the molecule is CC[C@H](N)C(=O)NC(C(=O)OC)C1CC1. The highest BCUT2D eigenvalue weighted by Crippen LogP contribution is 2.33. The fourth-order valence-electron chi connectivity index (χ4n) is 1.37. The first-order valence-corrected chi connectivity index (χ1v) is 5.24. The molecule has 2 atom stereocenters. The maximum Gasteiger partial charge on any atom is 0.328 e. The second-order valence-corrected chi connectivity index (χ2v) is 3.86. The molecule has 86 valence electrons. The molecule has 15 heavy (non-hydrogen) atoms. The number of carbonyl (C=O) groups excluding carboxylic acids is 2. The van der Waals surface area contributed by atoms with Gasteiger partial charge in [0.2, 0.25) is 5.91 Å². The Kier molecular flexibility index (Phi) is 4.08. The number of carbonyl (C=O) groups is 2. The molecule has 5 heteroatoms. The minimum absolute atomic E-state index is 0.227. The van der Waals surface area contributed by atoms with Crippen LogP contribution in [0.2, 0.25) is 0 Å². The van der Waals surface area contributed by atoms with Crippen molar-refractivity contribution in [2.45, 2.75) is 38.3 Å². The van der Waals surface area contributed by atoms with Crippen LogP contribution in [0.25, 0.3) is 0 Å². The fourth-order valence-corrected chi connectivity index (χ4v) is 1.37. The summed E-state index contributed by atoms with van der Waals surface area (Å²) in [6, 6.07) is -1.06. The third kappa shape index (κ3) is 3.20. The first kappa shape index (κ1) is 12.0. The van der Waals surface area contributed by atoms with Crippen LogP contribution < -0.4 is 11.1 Å². The van der Waals surface area contributed by atoms with Gasteiger partial charge in [-0.3, -0.25) is 4.79 Å². The maximum atomic E-state index is 11.5. The number of amides is 1. The normalized spacial score (nSPS) is 19.1. The Morgan fingerprint density at radius 3 is 2.53 bits per heavy atom. The van der Waals surface area contributed by atoms with Gasteiger partial charge in [0.1, 0.15) is 6.04 Å². The van der Waals surface area contributed by atoms with E-state index in [0.717, 1.165) is 12.8 Å². The number of ether oxygens (including phenoxy) is 1. The van der Waals surface area contributed by atoms with Gasteiger partial charge in [-0.15, -0.1) is 0 Å². The number of nitrogens with one attached hydrogen (secondary N) is 1. The molecule has 0 aromatic heterocycles. The van der Waals surface area contributed by atoms with E-state index in [-0.39, 0.29) is 17.8 Å². The van der Waals surface area contributed by atoms with Gasteiger partial charge >= 0.3 is 5.97 Å². The van der Waals surface area contributed by atoms with Gasteiger partial charge in [-0.1, -0.05) is 6.92 Å². The van der Waals surface area contributed by atoms with Crippen LogP contribution >= 0.6 is 0 Å². The molecule has 1 saturated carbocycles. The van der Waals surface area contributed by atoms with E-state index in [4.69, 9.17) is 5.73 Å². The van der Waals surface area contributed by atoms with Crippen molar-refractivity contribution < 1.29 is 14.3 Å². The van der Waals surface area contributed by atoms with E-state index in [9.17, 15) is 9.59 Å². The molecule has 0 radical (unpaired) electrons. The highest BCUT2D eigenvalue weighted by atomic mass is 16.5. The van der Waals surface area contributed by atoms with Crippen LogP contribution in [-0.4, -0.2) is 31.1 Å². The standard InChI is InChI=1S/C10H18N2O3/c1-3-7(11)9(13)12-8(6-4-5-6)10(14)15-2/h6-8H,3-5,11H2,1-2H3,(H,12,13)/t7-,8?/m0/s1. The lowest BCUT2D eigenvalue weighted by atomic mass is 10.1. The third-order valence-electron chi connectivity index (χ3n) is 2.62. The molecular formula is C10H18N2O3. The van der Waals surface area contributed by atoms with Gasteiger partial charge < -0.3 is 15.8 Å². The average molecular weight is 214 g/mol. The smallest absolute Gasteiger partial charge is 0.328 e.